The first kappa shape index (κ1) is 25.2. The Morgan fingerprint density at radius 2 is 2.06 bits per heavy atom. The van der Waals surface area contributed by atoms with Gasteiger partial charge in [-0.15, -0.1) is 11.3 Å². The molecule has 0 fully saturated rings. The number of nitrogens with one attached hydrogen (secondary N) is 1. The summed E-state index contributed by atoms with van der Waals surface area (Å²) in [6.45, 7) is 7.56. The summed E-state index contributed by atoms with van der Waals surface area (Å²) >= 11 is 8.06. The minimum atomic E-state index is -0.953. The molecule has 0 saturated heterocycles. The van der Waals surface area contributed by atoms with E-state index < -0.39 is 18.6 Å². The molecule has 1 aromatic carbocycles. The van der Waals surface area contributed by atoms with E-state index in [0.29, 0.717) is 34.0 Å². The van der Waals surface area contributed by atoms with E-state index in [9.17, 15) is 9.90 Å². The van der Waals surface area contributed by atoms with Gasteiger partial charge in [-0.2, -0.15) is 4.98 Å². The molecule has 1 amide bonds. The number of ether oxygens (including phenoxy) is 1. The number of carbonyl (C=O) groups excluding carboxylic acids is 1. The highest BCUT2D eigenvalue weighted by Gasteiger charge is 2.18. The van der Waals surface area contributed by atoms with E-state index >= 15 is 0 Å². The zero-order valence-corrected chi connectivity index (χ0v) is 20.6. The van der Waals surface area contributed by atoms with Crippen LogP contribution >= 0.6 is 22.9 Å². The number of hydrogen-bond donors (Lipinski definition) is 3. The van der Waals surface area contributed by atoms with Crippen molar-refractivity contribution < 1.29 is 24.3 Å². The summed E-state index contributed by atoms with van der Waals surface area (Å²) < 4.78 is 11.2. The number of carbonyl (C=O) groups is 1. The monoisotopic (exact) mass is 493 g/mol. The summed E-state index contributed by atoms with van der Waals surface area (Å²) in [6.07, 6.45) is 0.0486. The fourth-order valence-electron chi connectivity index (χ4n) is 3.28. The van der Waals surface area contributed by atoms with E-state index in [0.717, 1.165) is 16.9 Å². The number of aryl methyl sites for hydroxylation is 2. The largest absolute Gasteiger partial charge is 0.489 e. The predicted octanol–water partition coefficient (Wildman–Crippen LogP) is 3.78. The fraction of sp³-hybridized carbons (Fsp3) is 0.435. The highest BCUT2D eigenvalue weighted by Crippen LogP contribution is 2.35. The van der Waals surface area contributed by atoms with Crippen LogP contribution in [0.25, 0.3) is 22.2 Å². The molecule has 2 heterocycles. The van der Waals surface area contributed by atoms with Gasteiger partial charge in [0.15, 0.2) is 0 Å². The van der Waals surface area contributed by atoms with Crippen molar-refractivity contribution in [2.45, 2.75) is 40.2 Å². The Hall–Kier alpha value is -2.46. The maximum atomic E-state index is 11.1. The third kappa shape index (κ3) is 6.54. The van der Waals surface area contributed by atoms with Crippen LogP contribution in [0.5, 0.6) is 5.75 Å². The first-order valence-corrected chi connectivity index (χ1v) is 11.8. The standard InChI is InChI=1S/C23H28ClN3O5S/c1-12(2)5-15-8-19(33-14(15)4)23-26-22(27-32-23)16-6-13(3)21(18(24)7-16)31-11-17(29)9-25-20(30)10-28/h6-8,12,17,28-29H,5,9-11H2,1-4H3,(H,25,30)/t17-/m1/s1. The lowest BCUT2D eigenvalue weighted by Crippen LogP contribution is -2.36. The van der Waals surface area contributed by atoms with Gasteiger partial charge in [0, 0.05) is 17.0 Å². The second-order valence-electron chi connectivity index (χ2n) is 8.24. The molecule has 2 aromatic heterocycles. The summed E-state index contributed by atoms with van der Waals surface area (Å²) in [6, 6.07) is 5.63. The number of benzene rings is 1. The predicted molar refractivity (Wildman–Crippen MR) is 128 cm³/mol. The third-order valence-corrected chi connectivity index (χ3v) is 6.23. The minimum absolute atomic E-state index is 0.0408. The summed E-state index contributed by atoms with van der Waals surface area (Å²) in [4.78, 5) is 17.8. The van der Waals surface area contributed by atoms with Crippen molar-refractivity contribution >= 4 is 28.8 Å². The van der Waals surface area contributed by atoms with Gasteiger partial charge in [-0.3, -0.25) is 4.79 Å². The Morgan fingerprint density at radius 1 is 1.30 bits per heavy atom. The topological polar surface area (TPSA) is 118 Å². The summed E-state index contributed by atoms with van der Waals surface area (Å²) in [5, 5.41) is 25.5. The number of hydrogen-bond acceptors (Lipinski definition) is 8. The van der Waals surface area contributed by atoms with Crippen molar-refractivity contribution in [3.8, 4) is 27.9 Å². The van der Waals surface area contributed by atoms with Crippen molar-refractivity contribution in [1.82, 2.24) is 15.5 Å². The molecule has 0 unspecified atom stereocenters. The molecule has 8 nitrogen and oxygen atoms in total. The van der Waals surface area contributed by atoms with E-state index in [1.807, 2.05) is 13.0 Å². The molecule has 3 N–H and O–H groups in total. The molecule has 178 valence electrons. The van der Waals surface area contributed by atoms with Crippen LogP contribution in [0, 0.1) is 19.8 Å². The number of amides is 1. The number of nitrogens with zero attached hydrogens (tertiary/aromatic N) is 2. The van der Waals surface area contributed by atoms with Crippen molar-refractivity contribution in [2.75, 3.05) is 19.8 Å². The van der Waals surface area contributed by atoms with Crippen molar-refractivity contribution in [1.29, 1.82) is 0 Å². The first-order chi connectivity index (χ1) is 15.7. The molecule has 0 saturated carbocycles. The Balaban J connectivity index is 1.71. The Labute approximate surface area is 201 Å². The van der Waals surface area contributed by atoms with Crippen molar-refractivity contribution in [2.24, 2.45) is 5.92 Å². The third-order valence-electron chi connectivity index (χ3n) is 4.87. The van der Waals surface area contributed by atoms with Crippen LogP contribution in [0.2, 0.25) is 5.02 Å². The fourth-order valence-corrected chi connectivity index (χ4v) is 4.57. The maximum absolute atomic E-state index is 11.1. The van der Waals surface area contributed by atoms with E-state index in [1.54, 1.807) is 17.4 Å². The van der Waals surface area contributed by atoms with Gasteiger partial charge in [0.25, 0.3) is 5.89 Å². The average molecular weight is 494 g/mol. The number of halogens is 1. The van der Waals surface area contributed by atoms with Crippen LogP contribution in [0.3, 0.4) is 0 Å². The normalized spacial score (nSPS) is 12.2. The molecule has 0 bridgehead atoms. The quantitative estimate of drug-likeness (QED) is 0.393. The average Bonchev–Trinajstić information content (AvgIpc) is 3.38. The van der Waals surface area contributed by atoms with Crippen molar-refractivity contribution in [3.05, 3.63) is 39.2 Å². The number of aromatic nitrogens is 2. The lowest BCUT2D eigenvalue weighted by molar-refractivity contribution is -0.124. The molecule has 3 aromatic rings. The van der Waals surface area contributed by atoms with Gasteiger partial charge in [-0.05, 0) is 55.5 Å². The molecule has 1 atom stereocenters. The zero-order valence-electron chi connectivity index (χ0n) is 19.0. The van der Waals surface area contributed by atoms with Gasteiger partial charge in [-0.25, -0.2) is 0 Å². The molecule has 0 spiro atoms. The Morgan fingerprint density at radius 3 is 2.73 bits per heavy atom. The second kappa shape index (κ2) is 11.1. The number of rotatable bonds is 10. The lowest BCUT2D eigenvalue weighted by atomic mass is 10.0. The molecule has 33 heavy (non-hydrogen) atoms. The van der Waals surface area contributed by atoms with Crippen LogP contribution in [-0.2, 0) is 11.2 Å². The molecule has 0 aliphatic heterocycles. The molecular weight excluding hydrogens is 466 g/mol. The minimum Gasteiger partial charge on any atom is -0.489 e. The molecular formula is C23H28ClN3O5S. The second-order valence-corrected chi connectivity index (χ2v) is 9.91. The van der Waals surface area contributed by atoms with Gasteiger partial charge in [-0.1, -0.05) is 30.6 Å². The van der Waals surface area contributed by atoms with E-state index in [4.69, 9.17) is 26.0 Å². The van der Waals surface area contributed by atoms with Gasteiger partial charge >= 0.3 is 0 Å². The van der Waals surface area contributed by atoms with Gasteiger partial charge in [0.2, 0.25) is 11.7 Å². The van der Waals surface area contributed by atoms with Crippen molar-refractivity contribution in [3.63, 3.8) is 0 Å². The van der Waals surface area contributed by atoms with Gasteiger partial charge < -0.3 is 24.8 Å². The summed E-state index contributed by atoms with van der Waals surface area (Å²) in [5.74, 6) is 1.31. The maximum Gasteiger partial charge on any atom is 0.268 e. The van der Waals surface area contributed by atoms with Crippen LogP contribution in [-0.4, -0.2) is 52.1 Å². The van der Waals surface area contributed by atoms with E-state index in [2.05, 4.69) is 42.3 Å². The van der Waals surface area contributed by atoms with E-state index in [-0.39, 0.29) is 13.2 Å². The first-order valence-electron chi connectivity index (χ1n) is 10.6. The highest BCUT2D eigenvalue weighted by atomic mass is 35.5. The smallest absolute Gasteiger partial charge is 0.268 e. The summed E-state index contributed by atoms with van der Waals surface area (Å²) in [5.41, 5.74) is 2.72. The molecule has 0 aliphatic carbocycles. The number of aliphatic hydroxyl groups is 2. The van der Waals surface area contributed by atoms with Gasteiger partial charge in [0.1, 0.15) is 25.1 Å². The number of aliphatic hydroxyl groups excluding tert-OH is 2. The summed E-state index contributed by atoms with van der Waals surface area (Å²) in [7, 11) is 0. The lowest BCUT2D eigenvalue weighted by Gasteiger charge is -2.16. The van der Waals surface area contributed by atoms with Crippen LogP contribution < -0.4 is 10.1 Å². The van der Waals surface area contributed by atoms with E-state index in [1.165, 1.54) is 10.4 Å². The van der Waals surface area contributed by atoms with Crippen LogP contribution in [0.4, 0.5) is 0 Å². The molecule has 0 aliphatic rings. The Kier molecular flexibility index (Phi) is 8.47. The Bertz CT molecular complexity index is 1090. The SMILES string of the molecule is Cc1cc(-c2noc(-c3cc(CC(C)C)c(C)s3)n2)cc(Cl)c1OC[C@H](O)CNC(=O)CO. The molecule has 0 radical (unpaired) electrons. The number of thiophene rings is 1. The van der Waals surface area contributed by atoms with Gasteiger partial charge in [0.05, 0.1) is 9.90 Å². The molecule has 3 rings (SSSR count). The van der Waals surface area contributed by atoms with Crippen LogP contribution in [0.15, 0.2) is 22.7 Å². The highest BCUT2D eigenvalue weighted by molar-refractivity contribution is 7.15. The molecule has 10 heteroatoms. The zero-order chi connectivity index (χ0) is 24.1. The van der Waals surface area contributed by atoms with Crippen LogP contribution in [0.1, 0.15) is 29.9 Å².